The molecule has 0 aliphatic carbocycles. The SMILES string of the molecule is C=C(CNC1CCN(CC(O)c2ccnc3ccc(OC)cc23)CC1)Nc1cc(F)cc(F)c1C. The highest BCUT2D eigenvalue weighted by Crippen LogP contribution is 2.28. The number of piperidine rings is 1. The van der Waals surface area contributed by atoms with Crippen molar-refractivity contribution in [2.75, 3.05) is 38.6 Å². The highest BCUT2D eigenvalue weighted by atomic mass is 19.1. The minimum Gasteiger partial charge on any atom is -0.497 e. The van der Waals surface area contributed by atoms with Crippen LogP contribution in [0.3, 0.4) is 0 Å². The molecule has 1 unspecified atom stereocenters. The van der Waals surface area contributed by atoms with Gasteiger partial charge in [-0.25, -0.2) is 8.78 Å². The van der Waals surface area contributed by atoms with E-state index in [9.17, 15) is 13.9 Å². The molecule has 1 aliphatic rings. The molecule has 1 saturated heterocycles. The number of benzene rings is 2. The zero-order chi connectivity index (χ0) is 24.9. The van der Waals surface area contributed by atoms with E-state index < -0.39 is 17.7 Å². The van der Waals surface area contributed by atoms with E-state index >= 15 is 0 Å². The van der Waals surface area contributed by atoms with Gasteiger partial charge in [0.15, 0.2) is 0 Å². The number of rotatable bonds is 9. The Bertz CT molecular complexity index is 1200. The fourth-order valence-corrected chi connectivity index (χ4v) is 4.50. The lowest BCUT2D eigenvalue weighted by Gasteiger charge is -2.34. The van der Waals surface area contributed by atoms with Gasteiger partial charge in [0.2, 0.25) is 0 Å². The van der Waals surface area contributed by atoms with Gasteiger partial charge in [0.25, 0.3) is 0 Å². The number of β-amino-alcohol motifs (C(OH)–C–C–N with tert-alkyl or cyclic N) is 1. The summed E-state index contributed by atoms with van der Waals surface area (Å²) in [5, 5.41) is 18.4. The number of likely N-dealkylation sites (tertiary alicyclic amines) is 1. The second-order valence-corrected chi connectivity index (χ2v) is 9.04. The molecule has 0 saturated carbocycles. The van der Waals surface area contributed by atoms with Crippen LogP contribution < -0.4 is 15.4 Å². The van der Waals surface area contributed by atoms with Gasteiger partial charge in [-0.2, -0.15) is 0 Å². The lowest BCUT2D eigenvalue weighted by molar-refractivity contribution is 0.0954. The van der Waals surface area contributed by atoms with Gasteiger partial charge in [0, 0.05) is 53.7 Å². The smallest absolute Gasteiger partial charge is 0.131 e. The molecule has 0 spiro atoms. The molecule has 0 amide bonds. The fraction of sp³-hybridized carbons (Fsp3) is 0.370. The molecular formula is C27H32F2N4O2. The standard InChI is InChI=1S/C27H32F2N4O2/c1-17(32-26-13-19(28)12-24(29)18(26)2)15-31-20-7-10-33(11-8-20)16-27(34)22-6-9-30-25-5-4-21(35-3)14-23(22)25/h4-6,9,12-14,20,27,31-32,34H,1,7-8,10-11,15-16H2,2-3H3. The predicted molar refractivity (Wildman–Crippen MR) is 135 cm³/mol. The number of fused-ring (bicyclic) bond motifs is 1. The monoisotopic (exact) mass is 482 g/mol. The van der Waals surface area contributed by atoms with Crippen molar-refractivity contribution in [3.05, 3.63) is 77.6 Å². The number of hydrogen-bond acceptors (Lipinski definition) is 6. The largest absolute Gasteiger partial charge is 0.497 e. The molecule has 186 valence electrons. The Kier molecular flexibility index (Phi) is 7.95. The second-order valence-electron chi connectivity index (χ2n) is 9.04. The lowest BCUT2D eigenvalue weighted by atomic mass is 10.0. The van der Waals surface area contributed by atoms with E-state index in [1.165, 1.54) is 6.07 Å². The molecule has 35 heavy (non-hydrogen) atoms. The summed E-state index contributed by atoms with van der Waals surface area (Å²) in [5.41, 5.74) is 3.08. The first kappa shape index (κ1) is 25.0. The number of anilines is 1. The molecule has 1 aliphatic heterocycles. The van der Waals surface area contributed by atoms with E-state index in [1.54, 1.807) is 20.2 Å². The van der Waals surface area contributed by atoms with Gasteiger partial charge in [-0.15, -0.1) is 0 Å². The number of aromatic nitrogens is 1. The van der Waals surface area contributed by atoms with Crippen molar-refractivity contribution in [3.8, 4) is 5.75 Å². The number of nitrogens with zero attached hydrogens (tertiary/aromatic N) is 2. The maximum absolute atomic E-state index is 13.8. The summed E-state index contributed by atoms with van der Waals surface area (Å²) in [5.74, 6) is -0.467. The van der Waals surface area contributed by atoms with Crippen molar-refractivity contribution in [1.29, 1.82) is 0 Å². The van der Waals surface area contributed by atoms with Gasteiger partial charge >= 0.3 is 0 Å². The molecule has 4 rings (SSSR count). The Balaban J connectivity index is 1.26. The van der Waals surface area contributed by atoms with Crippen LogP contribution in [0.4, 0.5) is 14.5 Å². The van der Waals surface area contributed by atoms with Crippen LogP contribution in [0.25, 0.3) is 10.9 Å². The molecule has 1 fully saturated rings. The van der Waals surface area contributed by atoms with Crippen LogP contribution in [-0.4, -0.2) is 54.3 Å². The maximum atomic E-state index is 13.8. The van der Waals surface area contributed by atoms with Crippen LogP contribution in [0.1, 0.15) is 30.1 Å². The lowest BCUT2D eigenvalue weighted by Crippen LogP contribution is -2.44. The average Bonchev–Trinajstić information content (AvgIpc) is 2.85. The Labute approximate surface area is 204 Å². The van der Waals surface area contributed by atoms with Crippen molar-refractivity contribution in [2.24, 2.45) is 0 Å². The van der Waals surface area contributed by atoms with Gasteiger partial charge in [0.05, 0.1) is 18.7 Å². The minimum absolute atomic E-state index is 0.304. The second kappa shape index (κ2) is 11.1. The summed E-state index contributed by atoms with van der Waals surface area (Å²) < 4.78 is 32.6. The number of aliphatic hydroxyl groups excluding tert-OH is 1. The number of pyridine rings is 1. The normalized spacial score (nSPS) is 15.8. The number of ether oxygens (including phenoxy) is 1. The molecular weight excluding hydrogens is 450 g/mol. The molecule has 3 aromatic rings. The maximum Gasteiger partial charge on any atom is 0.131 e. The van der Waals surface area contributed by atoms with Crippen LogP contribution in [0.5, 0.6) is 5.75 Å². The highest BCUT2D eigenvalue weighted by molar-refractivity contribution is 5.83. The minimum atomic E-state index is -0.629. The van der Waals surface area contributed by atoms with E-state index in [0.29, 0.717) is 36.1 Å². The molecule has 1 aromatic heterocycles. The number of halogens is 2. The van der Waals surface area contributed by atoms with E-state index in [0.717, 1.165) is 54.2 Å². The Morgan fingerprint density at radius 2 is 2.00 bits per heavy atom. The van der Waals surface area contributed by atoms with E-state index in [-0.39, 0.29) is 0 Å². The third-order valence-corrected chi connectivity index (χ3v) is 6.58. The third kappa shape index (κ3) is 6.14. The summed E-state index contributed by atoms with van der Waals surface area (Å²) >= 11 is 0. The van der Waals surface area contributed by atoms with Crippen LogP contribution in [-0.2, 0) is 0 Å². The van der Waals surface area contributed by atoms with Gasteiger partial charge in [-0.05, 0) is 68.8 Å². The topological polar surface area (TPSA) is 69.7 Å². The molecule has 6 nitrogen and oxygen atoms in total. The first-order chi connectivity index (χ1) is 16.8. The van der Waals surface area contributed by atoms with E-state index in [2.05, 4.69) is 27.1 Å². The number of methoxy groups -OCH3 is 1. The summed E-state index contributed by atoms with van der Waals surface area (Å²) in [4.78, 5) is 6.66. The van der Waals surface area contributed by atoms with Crippen molar-refractivity contribution in [3.63, 3.8) is 0 Å². The fourth-order valence-electron chi connectivity index (χ4n) is 4.50. The predicted octanol–water partition coefficient (Wildman–Crippen LogP) is 4.54. The molecule has 2 aromatic carbocycles. The van der Waals surface area contributed by atoms with Crippen LogP contribution in [0.15, 0.2) is 54.9 Å². The van der Waals surface area contributed by atoms with Crippen molar-refractivity contribution < 1.29 is 18.6 Å². The van der Waals surface area contributed by atoms with Crippen LogP contribution in [0.2, 0.25) is 0 Å². The summed E-state index contributed by atoms with van der Waals surface area (Å²) in [6, 6.07) is 10.00. The molecule has 1 atom stereocenters. The first-order valence-electron chi connectivity index (χ1n) is 11.8. The number of hydrogen-bond donors (Lipinski definition) is 3. The highest BCUT2D eigenvalue weighted by Gasteiger charge is 2.22. The van der Waals surface area contributed by atoms with Gasteiger partial charge < -0.3 is 25.4 Å². The quantitative estimate of drug-likeness (QED) is 0.416. The first-order valence-corrected chi connectivity index (χ1v) is 11.8. The van der Waals surface area contributed by atoms with E-state index in [4.69, 9.17) is 4.74 Å². The molecule has 8 heteroatoms. The Morgan fingerprint density at radius 3 is 2.74 bits per heavy atom. The zero-order valence-electron chi connectivity index (χ0n) is 20.2. The summed E-state index contributed by atoms with van der Waals surface area (Å²) in [6.07, 6.45) is 2.96. The number of nitrogens with one attached hydrogen (secondary N) is 2. The van der Waals surface area contributed by atoms with Gasteiger partial charge in [-0.1, -0.05) is 6.58 Å². The Hall–Kier alpha value is -3.07. The van der Waals surface area contributed by atoms with Crippen molar-refractivity contribution in [1.82, 2.24) is 15.2 Å². The van der Waals surface area contributed by atoms with E-state index in [1.807, 2.05) is 24.3 Å². The Morgan fingerprint density at radius 1 is 1.23 bits per heavy atom. The summed E-state index contributed by atoms with van der Waals surface area (Å²) in [6.45, 7) is 8.34. The van der Waals surface area contributed by atoms with Crippen LogP contribution in [0, 0.1) is 18.6 Å². The van der Waals surface area contributed by atoms with Crippen LogP contribution >= 0.6 is 0 Å². The molecule has 0 bridgehead atoms. The average molecular weight is 483 g/mol. The number of aliphatic hydroxyl groups is 1. The van der Waals surface area contributed by atoms with Gasteiger partial charge in [0.1, 0.15) is 17.4 Å². The molecule has 0 radical (unpaired) electrons. The zero-order valence-corrected chi connectivity index (χ0v) is 20.2. The van der Waals surface area contributed by atoms with Gasteiger partial charge in [-0.3, -0.25) is 4.98 Å². The van der Waals surface area contributed by atoms with Crippen molar-refractivity contribution >= 4 is 16.6 Å². The summed E-state index contributed by atoms with van der Waals surface area (Å²) in [7, 11) is 1.62. The molecule has 2 heterocycles. The third-order valence-electron chi connectivity index (χ3n) is 6.58. The molecule has 3 N–H and O–H groups in total. The van der Waals surface area contributed by atoms with Crippen molar-refractivity contribution in [2.45, 2.75) is 31.9 Å².